The summed E-state index contributed by atoms with van der Waals surface area (Å²) >= 11 is 5.12. The highest BCUT2D eigenvalue weighted by atomic mass is 79.9. The molecule has 0 unspecified atom stereocenters. The number of nitrogens with zero attached hydrogens (tertiary/aromatic N) is 4. The third-order valence-corrected chi connectivity index (χ3v) is 4.52. The molecule has 0 spiro atoms. The molecule has 2 aromatic rings. The van der Waals surface area contributed by atoms with Gasteiger partial charge in [-0.25, -0.2) is 4.98 Å². The zero-order valence-electron chi connectivity index (χ0n) is 9.64. The zero-order valence-corrected chi connectivity index (χ0v) is 12.0. The summed E-state index contributed by atoms with van der Waals surface area (Å²) < 4.78 is 1.07. The van der Waals surface area contributed by atoms with E-state index in [9.17, 15) is 0 Å². The van der Waals surface area contributed by atoms with Gasteiger partial charge in [0, 0.05) is 36.0 Å². The van der Waals surface area contributed by atoms with Crippen molar-refractivity contribution in [1.82, 2.24) is 20.5 Å². The normalized spacial score (nSPS) is 15.9. The van der Waals surface area contributed by atoms with Gasteiger partial charge in [-0.05, 0) is 22.0 Å². The lowest BCUT2D eigenvalue weighted by atomic mass is 10.3. The summed E-state index contributed by atoms with van der Waals surface area (Å²) in [6.45, 7) is 3.88. The summed E-state index contributed by atoms with van der Waals surface area (Å²) in [5.41, 5.74) is 0.870. The van der Waals surface area contributed by atoms with Crippen LogP contribution in [-0.2, 0) is 0 Å². The maximum Gasteiger partial charge on any atom is 0.159 e. The number of nitrogens with one attached hydrogen (secondary N) is 1. The van der Waals surface area contributed by atoms with Crippen LogP contribution in [0.2, 0.25) is 0 Å². The van der Waals surface area contributed by atoms with Crippen molar-refractivity contribution < 1.29 is 0 Å². The Morgan fingerprint density at radius 1 is 1.33 bits per heavy atom. The van der Waals surface area contributed by atoms with Crippen molar-refractivity contribution in [3.8, 4) is 10.6 Å². The smallest absolute Gasteiger partial charge is 0.159 e. The highest BCUT2D eigenvalue weighted by molar-refractivity contribution is 9.10. The van der Waals surface area contributed by atoms with Crippen LogP contribution in [0.1, 0.15) is 0 Å². The first-order chi connectivity index (χ1) is 8.84. The number of hydrogen-bond acceptors (Lipinski definition) is 6. The molecule has 1 N–H and O–H groups in total. The standard InChI is InChI=1S/C11H12BrN5S/c12-8-5-9(18-6-8)10-11(14-7-15-16-10)17-3-1-13-2-4-17/h5-7,13H,1-4H2. The van der Waals surface area contributed by atoms with Crippen molar-refractivity contribution in [3.63, 3.8) is 0 Å². The van der Waals surface area contributed by atoms with Crippen LogP contribution in [-0.4, -0.2) is 41.4 Å². The molecular formula is C11H12BrN5S. The Morgan fingerprint density at radius 3 is 2.89 bits per heavy atom. The summed E-state index contributed by atoms with van der Waals surface area (Å²) in [5.74, 6) is 0.931. The van der Waals surface area contributed by atoms with E-state index in [1.165, 1.54) is 6.33 Å². The van der Waals surface area contributed by atoms with Gasteiger partial charge in [-0.1, -0.05) is 0 Å². The summed E-state index contributed by atoms with van der Waals surface area (Å²) in [6, 6.07) is 2.06. The summed E-state index contributed by atoms with van der Waals surface area (Å²) in [5, 5.41) is 13.6. The molecule has 18 heavy (non-hydrogen) atoms. The summed E-state index contributed by atoms with van der Waals surface area (Å²) in [4.78, 5) is 7.76. The van der Waals surface area contributed by atoms with Crippen molar-refractivity contribution in [3.05, 3.63) is 22.2 Å². The molecule has 0 radical (unpaired) electrons. The highest BCUT2D eigenvalue weighted by Gasteiger charge is 2.18. The minimum atomic E-state index is 0.870. The van der Waals surface area contributed by atoms with Gasteiger partial charge in [-0.3, -0.25) is 0 Å². The monoisotopic (exact) mass is 325 g/mol. The largest absolute Gasteiger partial charge is 0.352 e. The number of rotatable bonds is 2. The van der Waals surface area contributed by atoms with Gasteiger partial charge in [0.1, 0.15) is 12.0 Å². The number of hydrogen-bond donors (Lipinski definition) is 1. The predicted octanol–water partition coefficient (Wildman–Crippen LogP) is 1.77. The van der Waals surface area contributed by atoms with E-state index in [-0.39, 0.29) is 0 Å². The summed E-state index contributed by atoms with van der Waals surface area (Å²) in [6.07, 6.45) is 1.52. The van der Waals surface area contributed by atoms with Gasteiger partial charge in [0.05, 0.1) is 4.88 Å². The van der Waals surface area contributed by atoms with Crippen molar-refractivity contribution in [1.29, 1.82) is 0 Å². The van der Waals surface area contributed by atoms with Crippen molar-refractivity contribution >= 4 is 33.1 Å². The molecule has 2 aromatic heterocycles. The lowest BCUT2D eigenvalue weighted by molar-refractivity contribution is 0.584. The van der Waals surface area contributed by atoms with Gasteiger partial charge < -0.3 is 10.2 Å². The van der Waals surface area contributed by atoms with Crippen LogP contribution in [0.4, 0.5) is 5.82 Å². The fourth-order valence-electron chi connectivity index (χ4n) is 1.97. The minimum absolute atomic E-state index is 0.870. The van der Waals surface area contributed by atoms with E-state index in [1.807, 2.05) is 5.38 Å². The molecule has 1 aliphatic heterocycles. The SMILES string of the molecule is Brc1csc(-c2nncnc2N2CCNCC2)c1. The fourth-order valence-corrected chi connectivity index (χ4v) is 3.38. The Labute approximate surface area is 117 Å². The van der Waals surface area contributed by atoms with E-state index in [1.54, 1.807) is 11.3 Å². The molecule has 94 valence electrons. The van der Waals surface area contributed by atoms with Crippen LogP contribution in [0, 0.1) is 0 Å². The molecular weight excluding hydrogens is 314 g/mol. The maximum atomic E-state index is 4.40. The minimum Gasteiger partial charge on any atom is -0.352 e. The van der Waals surface area contributed by atoms with Crippen molar-refractivity contribution in [2.45, 2.75) is 0 Å². The van der Waals surface area contributed by atoms with Gasteiger partial charge in [0.2, 0.25) is 0 Å². The van der Waals surface area contributed by atoms with E-state index >= 15 is 0 Å². The molecule has 3 rings (SSSR count). The number of halogens is 1. The molecule has 3 heterocycles. The molecule has 0 atom stereocenters. The quantitative estimate of drug-likeness (QED) is 0.912. The highest BCUT2D eigenvalue weighted by Crippen LogP contribution is 2.33. The zero-order chi connectivity index (χ0) is 12.4. The van der Waals surface area contributed by atoms with Crippen LogP contribution < -0.4 is 10.2 Å². The van der Waals surface area contributed by atoms with Crippen LogP contribution in [0.3, 0.4) is 0 Å². The molecule has 1 aliphatic rings. The van der Waals surface area contributed by atoms with E-state index in [0.29, 0.717) is 0 Å². The summed E-state index contributed by atoms with van der Waals surface area (Å²) in [7, 11) is 0. The predicted molar refractivity (Wildman–Crippen MR) is 75.9 cm³/mol. The number of thiophene rings is 1. The first-order valence-electron chi connectivity index (χ1n) is 5.72. The van der Waals surface area contributed by atoms with E-state index in [0.717, 1.165) is 47.0 Å². The first-order valence-corrected chi connectivity index (χ1v) is 7.39. The molecule has 0 bridgehead atoms. The Hall–Kier alpha value is -1.05. The second-order valence-corrected chi connectivity index (χ2v) is 5.83. The third-order valence-electron chi connectivity index (χ3n) is 2.82. The lowest BCUT2D eigenvalue weighted by Gasteiger charge is -2.28. The van der Waals surface area contributed by atoms with Crippen LogP contribution in [0.15, 0.2) is 22.2 Å². The molecule has 5 nitrogen and oxygen atoms in total. The van der Waals surface area contributed by atoms with Crippen LogP contribution >= 0.6 is 27.3 Å². The van der Waals surface area contributed by atoms with Gasteiger partial charge >= 0.3 is 0 Å². The molecule has 0 amide bonds. The fraction of sp³-hybridized carbons (Fsp3) is 0.364. The van der Waals surface area contributed by atoms with Gasteiger partial charge in [-0.15, -0.1) is 21.5 Å². The maximum absolute atomic E-state index is 4.40. The Bertz CT molecular complexity index is 538. The Morgan fingerprint density at radius 2 is 2.17 bits per heavy atom. The molecule has 0 aliphatic carbocycles. The molecule has 1 fully saturated rings. The number of anilines is 1. The van der Waals surface area contributed by atoms with Crippen molar-refractivity contribution in [2.24, 2.45) is 0 Å². The average Bonchev–Trinajstić information content (AvgIpc) is 2.86. The average molecular weight is 326 g/mol. The third kappa shape index (κ3) is 2.38. The van der Waals surface area contributed by atoms with Crippen LogP contribution in [0.25, 0.3) is 10.6 Å². The number of piperazine rings is 1. The van der Waals surface area contributed by atoms with E-state index < -0.39 is 0 Å². The van der Waals surface area contributed by atoms with Gasteiger partial charge in [0.25, 0.3) is 0 Å². The van der Waals surface area contributed by atoms with Crippen LogP contribution in [0.5, 0.6) is 0 Å². The van der Waals surface area contributed by atoms with E-state index in [2.05, 4.69) is 47.4 Å². The Balaban J connectivity index is 1.99. The van der Waals surface area contributed by atoms with E-state index in [4.69, 9.17) is 0 Å². The first kappa shape index (κ1) is 12.0. The second kappa shape index (κ2) is 5.29. The molecule has 7 heteroatoms. The Kier molecular flexibility index (Phi) is 3.53. The topological polar surface area (TPSA) is 53.9 Å². The van der Waals surface area contributed by atoms with Crippen molar-refractivity contribution in [2.75, 3.05) is 31.1 Å². The second-order valence-electron chi connectivity index (χ2n) is 4.00. The molecule has 0 saturated carbocycles. The lowest BCUT2D eigenvalue weighted by Crippen LogP contribution is -2.44. The van der Waals surface area contributed by atoms with Gasteiger partial charge in [0.15, 0.2) is 5.82 Å². The molecule has 1 saturated heterocycles. The van der Waals surface area contributed by atoms with Gasteiger partial charge in [-0.2, -0.15) is 0 Å². The molecule has 0 aromatic carbocycles. The number of aromatic nitrogens is 3.